The first-order chi connectivity index (χ1) is 7.63. The number of thiol groups is 1. The molecule has 1 fully saturated rings. The van der Waals surface area contributed by atoms with Crippen LogP contribution in [0.4, 0.5) is 0 Å². The third kappa shape index (κ3) is 3.94. The first-order valence-electron chi connectivity index (χ1n) is 6.52. The predicted molar refractivity (Wildman–Crippen MR) is 73.3 cm³/mol. The normalized spacial score (nSPS) is 22.3. The van der Waals surface area contributed by atoms with Crippen molar-refractivity contribution < 1.29 is 4.74 Å². The molecule has 1 atom stereocenters. The maximum Gasteiger partial charge on any atom is 0.0472 e. The largest absolute Gasteiger partial charge is 0.381 e. The number of hydrogen-bond acceptors (Lipinski definition) is 3. The second kappa shape index (κ2) is 6.87. The molecule has 1 heterocycles. The van der Waals surface area contributed by atoms with E-state index in [0.717, 1.165) is 19.0 Å². The van der Waals surface area contributed by atoms with Gasteiger partial charge in [-0.2, -0.15) is 12.6 Å². The molecule has 1 aliphatic rings. The van der Waals surface area contributed by atoms with E-state index in [1.165, 1.54) is 32.2 Å². The van der Waals surface area contributed by atoms with Crippen molar-refractivity contribution in [2.24, 2.45) is 5.41 Å². The second-order valence-electron chi connectivity index (χ2n) is 5.32. The lowest BCUT2D eigenvalue weighted by Crippen LogP contribution is -2.44. The monoisotopic (exact) mass is 245 g/mol. The molecule has 0 radical (unpaired) electrons. The molecule has 0 aromatic rings. The standard InChI is InChI=1S/C13H27NOS/c1-4-5-12(2)14(3)10-13(11-16)6-8-15-9-7-13/h12,16H,4-11H2,1-3H3. The second-order valence-corrected chi connectivity index (χ2v) is 5.64. The summed E-state index contributed by atoms with van der Waals surface area (Å²) < 4.78 is 5.46. The van der Waals surface area contributed by atoms with Crippen molar-refractivity contribution >= 4 is 12.6 Å². The highest BCUT2D eigenvalue weighted by atomic mass is 32.1. The highest BCUT2D eigenvalue weighted by Gasteiger charge is 2.33. The van der Waals surface area contributed by atoms with Gasteiger partial charge in [-0.15, -0.1) is 0 Å². The lowest BCUT2D eigenvalue weighted by Gasteiger charge is -2.40. The van der Waals surface area contributed by atoms with Crippen molar-refractivity contribution in [2.75, 3.05) is 32.6 Å². The van der Waals surface area contributed by atoms with Crippen molar-refractivity contribution in [1.82, 2.24) is 4.90 Å². The topological polar surface area (TPSA) is 12.5 Å². The summed E-state index contributed by atoms with van der Waals surface area (Å²) in [5, 5.41) is 0. The zero-order valence-corrected chi connectivity index (χ0v) is 11.9. The third-order valence-corrected chi connectivity index (χ3v) is 4.60. The molecule has 0 amide bonds. The van der Waals surface area contributed by atoms with Crippen LogP contribution in [0, 0.1) is 5.41 Å². The molecule has 1 rings (SSSR count). The smallest absolute Gasteiger partial charge is 0.0472 e. The SMILES string of the molecule is CCCC(C)N(C)CC1(CS)CCOCC1. The maximum absolute atomic E-state index is 5.46. The van der Waals surface area contributed by atoms with E-state index in [9.17, 15) is 0 Å². The Morgan fingerprint density at radius 3 is 2.50 bits per heavy atom. The molecule has 16 heavy (non-hydrogen) atoms. The van der Waals surface area contributed by atoms with Crippen LogP contribution in [0.5, 0.6) is 0 Å². The Morgan fingerprint density at radius 2 is 2.00 bits per heavy atom. The summed E-state index contributed by atoms with van der Waals surface area (Å²) in [6, 6.07) is 0.685. The Bertz CT molecular complexity index is 192. The van der Waals surface area contributed by atoms with Gasteiger partial charge in [-0.25, -0.2) is 0 Å². The van der Waals surface area contributed by atoms with E-state index in [1.54, 1.807) is 0 Å². The molecule has 0 saturated carbocycles. The van der Waals surface area contributed by atoms with Gasteiger partial charge < -0.3 is 9.64 Å². The molecule has 0 aliphatic carbocycles. The molecule has 0 bridgehead atoms. The Kier molecular flexibility index (Phi) is 6.16. The van der Waals surface area contributed by atoms with Gasteiger partial charge in [0.2, 0.25) is 0 Å². The van der Waals surface area contributed by atoms with Crippen LogP contribution in [-0.4, -0.2) is 43.5 Å². The summed E-state index contributed by atoms with van der Waals surface area (Å²) in [6.45, 7) is 7.58. The molecular formula is C13H27NOS. The van der Waals surface area contributed by atoms with E-state index in [-0.39, 0.29) is 0 Å². The molecule has 3 heteroatoms. The van der Waals surface area contributed by atoms with Gasteiger partial charge in [0.05, 0.1) is 0 Å². The minimum Gasteiger partial charge on any atom is -0.381 e. The number of hydrogen-bond donors (Lipinski definition) is 1. The third-order valence-electron chi connectivity index (χ3n) is 3.93. The van der Waals surface area contributed by atoms with Crippen LogP contribution >= 0.6 is 12.6 Å². The Morgan fingerprint density at radius 1 is 1.38 bits per heavy atom. The average Bonchev–Trinajstić information content (AvgIpc) is 2.30. The summed E-state index contributed by atoms with van der Waals surface area (Å²) in [6.07, 6.45) is 4.89. The van der Waals surface area contributed by atoms with Crippen molar-refractivity contribution in [2.45, 2.75) is 45.6 Å². The van der Waals surface area contributed by atoms with Crippen LogP contribution in [0.3, 0.4) is 0 Å². The fourth-order valence-corrected chi connectivity index (χ4v) is 2.91. The fourth-order valence-electron chi connectivity index (χ4n) is 2.49. The van der Waals surface area contributed by atoms with Crippen LogP contribution < -0.4 is 0 Å². The maximum atomic E-state index is 5.46. The summed E-state index contributed by atoms with van der Waals surface area (Å²) >= 11 is 4.56. The molecule has 0 aromatic heterocycles. The molecule has 1 unspecified atom stereocenters. The van der Waals surface area contributed by atoms with Crippen molar-refractivity contribution in [3.8, 4) is 0 Å². The van der Waals surface area contributed by atoms with Crippen molar-refractivity contribution in [3.63, 3.8) is 0 Å². The number of rotatable bonds is 6. The summed E-state index contributed by atoms with van der Waals surface area (Å²) in [7, 11) is 2.25. The van der Waals surface area contributed by atoms with Crippen LogP contribution in [0.15, 0.2) is 0 Å². The minimum absolute atomic E-state index is 0.387. The van der Waals surface area contributed by atoms with Gasteiger partial charge >= 0.3 is 0 Å². The fraction of sp³-hybridized carbons (Fsp3) is 1.00. The van der Waals surface area contributed by atoms with Crippen LogP contribution in [0.2, 0.25) is 0 Å². The van der Waals surface area contributed by atoms with Crippen LogP contribution in [-0.2, 0) is 4.74 Å². The molecule has 0 N–H and O–H groups in total. The van der Waals surface area contributed by atoms with Gasteiger partial charge in [-0.1, -0.05) is 13.3 Å². The van der Waals surface area contributed by atoms with Gasteiger partial charge in [-0.3, -0.25) is 0 Å². The minimum atomic E-state index is 0.387. The van der Waals surface area contributed by atoms with E-state index >= 15 is 0 Å². The Hall–Kier alpha value is 0.270. The number of nitrogens with zero attached hydrogens (tertiary/aromatic N) is 1. The van der Waals surface area contributed by atoms with E-state index in [0.29, 0.717) is 11.5 Å². The molecule has 0 aromatic carbocycles. The molecule has 0 spiro atoms. The Balaban J connectivity index is 2.48. The van der Waals surface area contributed by atoms with Crippen LogP contribution in [0.1, 0.15) is 39.5 Å². The van der Waals surface area contributed by atoms with Crippen molar-refractivity contribution in [1.29, 1.82) is 0 Å². The molecular weight excluding hydrogens is 218 g/mol. The quantitative estimate of drug-likeness (QED) is 0.723. The van der Waals surface area contributed by atoms with Gasteiger partial charge in [0.15, 0.2) is 0 Å². The van der Waals surface area contributed by atoms with E-state index < -0.39 is 0 Å². The van der Waals surface area contributed by atoms with Gasteiger partial charge in [0.1, 0.15) is 0 Å². The van der Waals surface area contributed by atoms with E-state index in [4.69, 9.17) is 4.74 Å². The van der Waals surface area contributed by atoms with Gasteiger partial charge in [-0.05, 0) is 44.4 Å². The lowest BCUT2D eigenvalue weighted by atomic mass is 9.81. The summed E-state index contributed by atoms with van der Waals surface area (Å²) in [4.78, 5) is 2.50. The first-order valence-corrected chi connectivity index (χ1v) is 7.15. The molecule has 96 valence electrons. The lowest BCUT2D eigenvalue weighted by molar-refractivity contribution is 0.00594. The Labute approximate surface area is 106 Å². The van der Waals surface area contributed by atoms with Gasteiger partial charge in [0.25, 0.3) is 0 Å². The predicted octanol–water partition coefficient (Wildman–Crippen LogP) is 2.83. The highest BCUT2D eigenvalue weighted by molar-refractivity contribution is 7.80. The van der Waals surface area contributed by atoms with Crippen LogP contribution in [0.25, 0.3) is 0 Å². The van der Waals surface area contributed by atoms with E-state index in [2.05, 4.69) is 38.4 Å². The van der Waals surface area contributed by atoms with Gasteiger partial charge in [0, 0.05) is 25.8 Å². The zero-order chi connectivity index (χ0) is 12.0. The summed E-state index contributed by atoms with van der Waals surface area (Å²) in [5.74, 6) is 0.986. The molecule has 2 nitrogen and oxygen atoms in total. The summed E-state index contributed by atoms with van der Waals surface area (Å²) in [5.41, 5.74) is 0.387. The number of ether oxygens (including phenoxy) is 1. The highest BCUT2D eigenvalue weighted by Crippen LogP contribution is 2.33. The van der Waals surface area contributed by atoms with Crippen molar-refractivity contribution in [3.05, 3.63) is 0 Å². The molecule has 1 saturated heterocycles. The first kappa shape index (κ1) is 14.3. The zero-order valence-electron chi connectivity index (χ0n) is 11.0. The van der Waals surface area contributed by atoms with E-state index in [1.807, 2.05) is 0 Å². The molecule has 1 aliphatic heterocycles. The average molecular weight is 245 g/mol.